The van der Waals surface area contributed by atoms with E-state index in [4.69, 9.17) is 0 Å². The van der Waals surface area contributed by atoms with Gasteiger partial charge in [0, 0.05) is 5.56 Å². The first-order valence-electron chi connectivity index (χ1n) is 6.71. The minimum Gasteiger partial charge on any atom is -0.370 e. The number of fused-ring (bicyclic) bond motifs is 1. The fourth-order valence-corrected chi connectivity index (χ4v) is 2.72. The summed E-state index contributed by atoms with van der Waals surface area (Å²) >= 11 is 0. The zero-order chi connectivity index (χ0) is 14.3. The maximum atomic E-state index is 10.7. The predicted molar refractivity (Wildman–Crippen MR) is 84.3 cm³/mol. The highest BCUT2D eigenvalue weighted by molar-refractivity contribution is 6.87. The van der Waals surface area contributed by atoms with Crippen LogP contribution in [-0.2, 0) is 5.60 Å². The lowest BCUT2D eigenvalue weighted by molar-refractivity contribution is 0.157. The molecule has 0 fully saturated rings. The van der Waals surface area contributed by atoms with E-state index < -0.39 is 13.7 Å². The summed E-state index contributed by atoms with van der Waals surface area (Å²) in [5.74, 6) is 3.14. The van der Waals surface area contributed by atoms with Crippen molar-refractivity contribution in [3.8, 4) is 11.5 Å². The number of aliphatic hydroxyl groups is 1. The Morgan fingerprint density at radius 3 is 2.42 bits per heavy atom. The molecule has 2 heteroatoms. The highest BCUT2D eigenvalue weighted by Gasteiger charge is 2.36. The van der Waals surface area contributed by atoms with E-state index in [1.54, 1.807) is 6.08 Å². The van der Waals surface area contributed by atoms with Crippen molar-refractivity contribution in [2.75, 3.05) is 0 Å². The molecule has 0 spiro atoms. The van der Waals surface area contributed by atoms with E-state index in [0.717, 1.165) is 11.1 Å². The summed E-state index contributed by atoms with van der Waals surface area (Å²) in [6, 6.07) is 7.90. The lowest BCUT2D eigenvalue weighted by Gasteiger charge is -2.32. The first kappa shape index (κ1) is 14.1. The molecule has 0 radical (unpaired) electrons. The van der Waals surface area contributed by atoms with Crippen molar-refractivity contribution < 1.29 is 5.11 Å². The molecule has 1 nitrogen and oxygen atoms in total. The molecule has 1 aliphatic rings. The average Bonchev–Trinajstić information content (AvgIpc) is 2.65. The Balaban J connectivity index is 2.39. The van der Waals surface area contributed by atoms with Gasteiger partial charge in [0.15, 0.2) is 5.60 Å². The molecule has 0 saturated heterocycles. The van der Waals surface area contributed by atoms with Gasteiger partial charge in [0.25, 0.3) is 0 Å². The van der Waals surface area contributed by atoms with Crippen LogP contribution in [0.4, 0.5) is 0 Å². The van der Waals surface area contributed by atoms with Crippen molar-refractivity contribution in [2.45, 2.75) is 44.5 Å². The summed E-state index contributed by atoms with van der Waals surface area (Å²) in [4.78, 5) is 0. The molecule has 0 aliphatic heterocycles. The summed E-state index contributed by atoms with van der Waals surface area (Å²) in [5.41, 5.74) is 4.27. The largest absolute Gasteiger partial charge is 0.370 e. The van der Waals surface area contributed by atoms with E-state index in [-0.39, 0.29) is 5.04 Å². The molecule has 1 aromatic rings. The van der Waals surface area contributed by atoms with Crippen molar-refractivity contribution in [1.29, 1.82) is 0 Å². The van der Waals surface area contributed by atoms with Gasteiger partial charge >= 0.3 is 0 Å². The molecule has 1 aromatic carbocycles. The lowest BCUT2D eigenvalue weighted by atomic mass is 9.97. The number of hydrogen-bond acceptors (Lipinski definition) is 1. The van der Waals surface area contributed by atoms with Crippen LogP contribution in [0.15, 0.2) is 30.3 Å². The van der Waals surface area contributed by atoms with E-state index in [9.17, 15) is 5.11 Å². The Hall–Kier alpha value is -1.30. The summed E-state index contributed by atoms with van der Waals surface area (Å²) in [7, 11) is -1.70. The molecule has 100 valence electrons. The smallest absolute Gasteiger partial charge is 0.170 e. The van der Waals surface area contributed by atoms with Crippen LogP contribution in [0.2, 0.25) is 18.1 Å². The normalized spacial score (nSPS) is 21.8. The second-order valence-corrected chi connectivity index (χ2v) is 11.8. The molecular formula is C17H22OSi. The minimum absolute atomic E-state index is 0.207. The summed E-state index contributed by atoms with van der Waals surface area (Å²) in [6.45, 7) is 11.2. The Morgan fingerprint density at radius 2 is 1.79 bits per heavy atom. The highest BCUT2D eigenvalue weighted by atomic mass is 28.3. The molecule has 0 heterocycles. The van der Waals surface area contributed by atoms with Crippen LogP contribution in [0.25, 0.3) is 6.08 Å². The van der Waals surface area contributed by atoms with Crippen molar-refractivity contribution in [3.63, 3.8) is 0 Å². The second-order valence-electron chi connectivity index (χ2n) is 6.81. The predicted octanol–water partition coefficient (Wildman–Crippen LogP) is 3.95. The molecule has 0 bridgehead atoms. The number of rotatable bonds is 0. The minimum atomic E-state index is -1.70. The van der Waals surface area contributed by atoms with Crippen LogP contribution in [0.5, 0.6) is 0 Å². The Labute approximate surface area is 117 Å². The van der Waals surface area contributed by atoms with Crippen LogP contribution in [0.3, 0.4) is 0 Å². The molecule has 0 aromatic heterocycles. The van der Waals surface area contributed by atoms with Crippen molar-refractivity contribution in [1.82, 2.24) is 0 Å². The number of hydrogen-bond donors (Lipinski definition) is 1. The molecule has 0 amide bonds. The van der Waals surface area contributed by atoms with Gasteiger partial charge in [0.05, 0.1) is 0 Å². The molecular weight excluding hydrogens is 248 g/mol. The van der Waals surface area contributed by atoms with Crippen LogP contribution in [0, 0.1) is 11.5 Å². The standard InChI is InChI=1S/C17H22OSi/c1-16(2,3)19(4,5)13-12-17(18)11-10-14-8-6-7-9-15(14)17/h6-11,18H,1-5H3. The fourth-order valence-electron chi connectivity index (χ4n) is 1.84. The van der Waals surface area contributed by atoms with Crippen molar-refractivity contribution >= 4 is 14.1 Å². The summed E-state index contributed by atoms with van der Waals surface area (Å²) < 4.78 is 0. The molecule has 0 saturated carbocycles. The van der Waals surface area contributed by atoms with E-state index in [0.29, 0.717) is 0 Å². The molecule has 19 heavy (non-hydrogen) atoms. The maximum absolute atomic E-state index is 10.7. The van der Waals surface area contributed by atoms with Crippen LogP contribution < -0.4 is 0 Å². The molecule has 1 atom stereocenters. The molecule has 1 aliphatic carbocycles. The van der Waals surface area contributed by atoms with E-state index in [2.05, 4.69) is 45.3 Å². The van der Waals surface area contributed by atoms with Gasteiger partial charge in [-0.15, -0.1) is 5.54 Å². The summed E-state index contributed by atoms with van der Waals surface area (Å²) in [6.07, 6.45) is 3.76. The third kappa shape index (κ3) is 2.54. The van der Waals surface area contributed by atoms with E-state index in [1.807, 2.05) is 30.3 Å². The SMILES string of the molecule is CC(C)(C)[Si](C)(C)C#CC1(O)C=Cc2ccccc21. The van der Waals surface area contributed by atoms with Gasteiger partial charge in [-0.25, -0.2) is 0 Å². The Morgan fingerprint density at radius 1 is 1.16 bits per heavy atom. The zero-order valence-corrected chi connectivity index (χ0v) is 13.4. The molecule has 1 unspecified atom stereocenters. The van der Waals surface area contributed by atoms with Gasteiger partial charge in [0.2, 0.25) is 0 Å². The second kappa shape index (κ2) is 4.37. The van der Waals surface area contributed by atoms with Crippen molar-refractivity contribution in [2.24, 2.45) is 0 Å². The maximum Gasteiger partial charge on any atom is 0.170 e. The monoisotopic (exact) mass is 270 g/mol. The van der Waals surface area contributed by atoms with Crippen LogP contribution in [0.1, 0.15) is 31.9 Å². The third-order valence-electron chi connectivity index (χ3n) is 4.32. The average molecular weight is 270 g/mol. The lowest BCUT2D eigenvalue weighted by Crippen LogP contribution is -2.36. The van der Waals surface area contributed by atoms with Gasteiger partial charge in [-0.2, -0.15) is 0 Å². The molecule has 2 rings (SSSR count). The van der Waals surface area contributed by atoms with Gasteiger partial charge in [-0.3, -0.25) is 0 Å². The highest BCUT2D eigenvalue weighted by Crippen LogP contribution is 2.37. The quantitative estimate of drug-likeness (QED) is 0.559. The Bertz CT molecular complexity index is 581. The van der Waals surface area contributed by atoms with Gasteiger partial charge in [0.1, 0.15) is 8.07 Å². The van der Waals surface area contributed by atoms with Crippen LogP contribution in [-0.4, -0.2) is 13.2 Å². The first-order valence-corrected chi connectivity index (χ1v) is 9.71. The fraction of sp³-hybridized carbons (Fsp3) is 0.412. The third-order valence-corrected chi connectivity index (χ3v) is 8.82. The molecule has 1 N–H and O–H groups in total. The summed E-state index contributed by atoms with van der Waals surface area (Å²) in [5, 5.41) is 10.9. The first-order chi connectivity index (χ1) is 8.66. The topological polar surface area (TPSA) is 20.2 Å². The zero-order valence-electron chi connectivity index (χ0n) is 12.4. The van der Waals surface area contributed by atoms with Gasteiger partial charge in [-0.05, 0) is 16.7 Å². The van der Waals surface area contributed by atoms with Gasteiger partial charge < -0.3 is 5.11 Å². The van der Waals surface area contributed by atoms with Crippen LogP contribution >= 0.6 is 0 Å². The van der Waals surface area contributed by atoms with Crippen molar-refractivity contribution in [3.05, 3.63) is 41.5 Å². The van der Waals surface area contributed by atoms with E-state index in [1.165, 1.54) is 0 Å². The van der Waals surface area contributed by atoms with E-state index >= 15 is 0 Å². The Kier molecular flexibility index (Phi) is 3.24. The number of benzene rings is 1. The van der Waals surface area contributed by atoms with Gasteiger partial charge in [-0.1, -0.05) is 70.1 Å².